The number of aromatic nitrogens is 3. The van der Waals surface area contributed by atoms with Crippen LogP contribution in [0, 0.1) is 0 Å². The van der Waals surface area contributed by atoms with Gasteiger partial charge in [0, 0.05) is 54.9 Å². The smallest absolute Gasteiger partial charge is 0.282 e. The van der Waals surface area contributed by atoms with Gasteiger partial charge in [0.2, 0.25) is 0 Å². The lowest BCUT2D eigenvalue weighted by Crippen LogP contribution is -2.47. The van der Waals surface area contributed by atoms with E-state index in [1.807, 2.05) is 22.7 Å². The molecule has 7 heteroatoms. The third-order valence-electron chi connectivity index (χ3n) is 6.13. The Bertz CT molecular complexity index is 995. The van der Waals surface area contributed by atoms with Gasteiger partial charge < -0.3 is 14.8 Å². The summed E-state index contributed by atoms with van der Waals surface area (Å²) in [6, 6.07) is 2.27. The van der Waals surface area contributed by atoms with Crippen molar-refractivity contribution in [1.29, 1.82) is 0 Å². The molecule has 2 fully saturated rings. The highest BCUT2D eigenvalue weighted by Gasteiger charge is 2.24. The van der Waals surface area contributed by atoms with Gasteiger partial charge in [-0.2, -0.15) is 0 Å². The zero-order chi connectivity index (χ0) is 19.1. The van der Waals surface area contributed by atoms with E-state index in [0.717, 1.165) is 48.5 Å². The van der Waals surface area contributed by atoms with Crippen LogP contribution < -0.4 is 0 Å². The van der Waals surface area contributed by atoms with Crippen molar-refractivity contribution in [2.45, 2.75) is 31.6 Å². The molecule has 1 N–H and O–H groups in total. The first kappa shape index (κ1) is 17.8. The van der Waals surface area contributed by atoms with E-state index in [-0.39, 0.29) is 5.91 Å². The van der Waals surface area contributed by atoms with Gasteiger partial charge in [-0.25, -0.2) is 9.97 Å². The molecule has 6 nitrogen and oxygen atoms in total. The number of carbonyl (C=O) groups is 1. The average molecular weight is 396 g/mol. The lowest BCUT2D eigenvalue weighted by molar-refractivity contribution is 0.0664. The number of nitrogens with zero attached hydrogens (tertiary/aromatic N) is 4. The fourth-order valence-electron chi connectivity index (χ4n) is 4.35. The molecule has 0 spiro atoms. The van der Waals surface area contributed by atoms with Gasteiger partial charge in [-0.05, 0) is 37.4 Å². The first-order chi connectivity index (χ1) is 13.7. The second-order valence-electron chi connectivity index (χ2n) is 7.98. The van der Waals surface area contributed by atoms with Gasteiger partial charge in [0.05, 0.1) is 5.69 Å². The van der Waals surface area contributed by atoms with Crippen molar-refractivity contribution in [2.24, 2.45) is 0 Å². The summed E-state index contributed by atoms with van der Waals surface area (Å²) in [6.45, 7) is 3.38. The topological polar surface area (TPSA) is 65.1 Å². The van der Waals surface area contributed by atoms with E-state index in [1.54, 1.807) is 0 Å². The van der Waals surface area contributed by atoms with Crippen LogP contribution in [0.4, 0.5) is 0 Å². The number of H-pyrrole nitrogens is 1. The Kier molecular flexibility index (Phi) is 4.64. The van der Waals surface area contributed by atoms with Gasteiger partial charge in [-0.3, -0.25) is 4.79 Å². The van der Waals surface area contributed by atoms with E-state index in [4.69, 9.17) is 4.98 Å². The first-order valence-electron chi connectivity index (χ1n) is 10.1. The summed E-state index contributed by atoms with van der Waals surface area (Å²) in [6.07, 6.45) is 9.12. The number of fused-ring (bicyclic) bond motifs is 1. The number of pyridine rings is 1. The molecule has 1 saturated carbocycles. The molecular formula is C21H25N5OS. The second kappa shape index (κ2) is 7.29. The van der Waals surface area contributed by atoms with Gasteiger partial charge >= 0.3 is 0 Å². The lowest BCUT2D eigenvalue weighted by atomic mass is 9.98. The Morgan fingerprint density at radius 1 is 1.21 bits per heavy atom. The number of thiazole rings is 1. The van der Waals surface area contributed by atoms with Gasteiger partial charge in [0.25, 0.3) is 5.91 Å². The summed E-state index contributed by atoms with van der Waals surface area (Å²) in [4.78, 5) is 29.6. The van der Waals surface area contributed by atoms with Crippen molar-refractivity contribution in [3.63, 3.8) is 0 Å². The molecule has 3 aromatic rings. The normalized spacial score (nSPS) is 19.0. The SMILES string of the molecule is CN1CCN(C(=O)c2nc(-c3c[nH]c4ncc(C5CCCC5)cc34)cs2)CC1. The van der Waals surface area contributed by atoms with E-state index in [1.165, 1.54) is 42.6 Å². The Balaban J connectivity index is 1.42. The summed E-state index contributed by atoms with van der Waals surface area (Å²) in [5.74, 6) is 0.679. The molecule has 1 aliphatic heterocycles. The Labute approximate surface area is 168 Å². The van der Waals surface area contributed by atoms with E-state index < -0.39 is 0 Å². The van der Waals surface area contributed by atoms with Crippen molar-refractivity contribution >= 4 is 28.3 Å². The third kappa shape index (κ3) is 3.22. The molecule has 1 saturated heterocycles. The van der Waals surface area contributed by atoms with Crippen LogP contribution >= 0.6 is 11.3 Å². The summed E-state index contributed by atoms with van der Waals surface area (Å²) in [7, 11) is 2.09. The Hall–Kier alpha value is -2.25. The molecule has 1 aliphatic carbocycles. The highest BCUT2D eigenvalue weighted by Crippen LogP contribution is 2.36. The minimum atomic E-state index is 0.0500. The molecule has 4 heterocycles. The van der Waals surface area contributed by atoms with Crippen molar-refractivity contribution < 1.29 is 4.79 Å². The number of piperazine rings is 1. The number of hydrogen-bond donors (Lipinski definition) is 1. The monoisotopic (exact) mass is 395 g/mol. The van der Waals surface area contributed by atoms with Gasteiger partial charge in [-0.1, -0.05) is 12.8 Å². The number of hydrogen-bond acceptors (Lipinski definition) is 5. The van der Waals surface area contributed by atoms with Gasteiger partial charge in [-0.15, -0.1) is 11.3 Å². The van der Waals surface area contributed by atoms with Crippen LogP contribution in [-0.4, -0.2) is 63.9 Å². The van der Waals surface area contributed by atoms with E-state index in [2.05, 4.69) is 28.0 Å². The maximum atomic E-state index is 12.8. The van der Waals surface area contributed by atoms with Crippen LogP contribution in [0.1, 0.15) is 47.0 Å². The van der Waals surface area contributed by atoms with E-state index >= 15 is 0 Å². The summed E-state index contributed by atoms with van der Waals surface area (Å²) in [5, 5.41) is 3.68. The molecule has 146 valence electrons. The molecule has 0 atom stereocenters. The maximum absolute atomic E-state index is 12.8. The predicted molar refractivity (Wildman–Crippen MR) is 112 cm³/mol. The van der Waals surface area contributed by atoms with Crippen LogP contribution in [0.3, 0.4) is 0 Å². The number of nitrogens with one attached hydrogen (secondary N) is 1. The lowest BCUT2D eigenvalue weighted by Gasteiger charge is -2.31. The molecule has 0 aromatic carbocycles. The molecule has 3 aromatic heterocycles. The predicted octanol–water partition coefficient (Wildman–Crippen LogP) is 3.73. The molecule has 28 heavy (non-hydrogen) atoms. The maximum Gasteiger partial charge on any atom is 0.282 e. The van der Waals surface area contributed by atoms with Crippen molar-refractivity contribution in [3.05, 3.63) is 34.4 Å². The van der Waals surface area contributed by atoms with Gasteiger partial charge in [0.15, 0.2) is 5.01 Å². The molecule has 0 radical (unpaired) electrons. The quantitative estimate of drug-likeness (QED) is 0.734. The highest BCUT2D eigenvalue weighted by atomic mass is 32.1. The zero-order valence-electron chi connectivity index (χ0n) is 16.1. The zero-order valence-corrected chi connectivity index (χ0v) is 17.0. The Morgan fingerprint density at radius 2 is 2.00 bits per heavy atom. The summed E-state index contributed by atoms with van der Waals surface area (Å²) in [5.41, 5.74) is 4.11. The molecule has 0 bridgehead atoms. The average Bonchev–Trinajstić information content (AvgIpc) is 3.47. The number of carbonyl (C=O) groups excluding carboxylic acids is 1. The minimum absolute atomic E-state index is 0.0500. The molecular weight excluding hydrogens is 370 g/mol. The van der Waals surface area contributed by atoms with Crippen molar-refractivity contribution in [2.75, 3.05) is 33.2 Å². The fourth-order valence-corrected chi connectivity index (χ4v) is 5.14. The Morgan fingerprint density at radius 3 is 2.79 bits per heavy atom. The third-order valence-corrected chi connectivity index (χ3v) is 6.96. The van der Waals surface area contributed by atoms with Crippen LogP contribution in [0.15, 0.2) is 23.8 Å². The van der Waals surface area contributed by atoms with Crippen LogP contribution in [0.2, 0.25) is 0 Å². The molecule has 0 unspecified atom stereocenters. The van der Waals surface area contributed by atoms with Gasteiger partial charge in [0.1, 0.15) is 5.65 Å². The van der Waals surface area contributed by atoms with Crippen molar-refractivity contribution in [3.8, 4) is 11.3 Å². The molecule has 2 aliphatic rings. The summed E-state index contributed by atoms with van der Waals surface area (Å²) >= 11 is 1.44. The number of amides is 1. The highest BCUT2D eigenvalue weighted by molar-refractivity contribution is 7.12. The van der Waals surface area contributed by atoms with Crippen molar-refractivity contribution in [1.82, 2.24) is 24.8 Å². The summed E-state index contributed by atoms with van der Waals surface area (Å²) < 4.78 is 0. The van der Waals surface area contributed by atoms with Crippen LogP contribution in [0.25, 0.3) is 22.3 Å². The van der Waals surface area contributed by atoms with Crippen LogP contribution in [0.5, 0.6) is 0 Å². The largest absolute Gasteiger partial charge is 0.345 e. The minimum Gasteiger partial charge on any atom is -0.345 e. The van der Waals surface area contributed by atoms with E-state index in [0.29, 0.717) is 10.9 Å². The molecule has 1 amide bonds. The van der Waals surface area contributed by atoms with Crippen LogP contribution in [-0.2, 0) is 0 Å². The first-order valence-corrected chi connectivity index (χ1v) is 11.0. The number of rotatable bonds is 3. The number of aromatic amines is 1. The fraction of sp³-hybridized carbons (Fsp3) is 0.476. The standard InChI is InChI=1S/C21H25N5OS/c1-25-6-8-26(9-7-25)21(27)20-24-18(13-28-20)17-12-23-19-16(17)10-15(11-22-19)14-4-2-3-5-14/h10-14H,2-9H2,1H3,(H,22,23). The number of likely N-dealkylation sites (N-methyl/N-ethyl adjacent to an activating group) is 1. The van der Waals surface area contributed by atoms with E-state index in [9.17, 15) is 4.79 Å². The second-order valence-corrected chi connectivity index (χ2v) is 8.84. The molecule has 5 rings (SSSR count).